The number of thiocarbonyl (C=S) groups is 1. The van der Waals surface area contributed by atoms with E-state index in [1.165, 1.54) is 11.1 Å². The summed E-state index contributed by atoms with van der Waals surface area (Å²) in [5, 5.41) is 0. The Labute approximate surface area is 78.0 Å². The molecule has 2 heteroatoms. The molecule has 0 amide bonds. The minimum absolute atomic E-state index is 0.672. The van der Waals surface area contributed by atoms with Gasteiger partial charge in [0.1, 0.15) is 0 Å². The van der Waals surface area contributed by atoms with Crippen LogP contribution in [-0.2, 0) is 0 Å². The molecule has 0 bridgehead atoms. The second kappa shape index (κ2) is 3.37. The molecule has 0 radical (unpaired) electrons. The molecule has 1 rings (SSSR count). The number of thiol groups is 1. The van der Waals surface area contributed by atoms with Gasteiger partial charge in [-0.3, -0.25) is 0 Å². The van der Waals surface area contributed by atoms with E-state index < -0.39 is 0 Å². The first-order valence-electron chi connectivity index (χ1n) is 3.42. The van der Waals surface area contributed by atoms with Crippen molar-refractivity contribution in [3.63, 3.8) is 0 Å². The fourth-order valence-electron chi connectivity index (χ4n) is 0.983. The highest BCUT2D eigenvalue weighted by molar-refractivity contribution is 8.11. The van der Waals surface area contributed by atoms with E-state index in [9.17, 15) is 0 Å². The fourth-order valence-corrected chi connectivity index (χ4v) is 1.45. The molecule has 0 aliphatic rings. The van der Waals surface area contributed by atoms with Gasteiger partial charge in [0, 0.05) is 5.56 Å². The third kappa shape index (κ3) is 1.82. The van der Waals surface area contributed by atoms with Gasteiger partial charge in [-0.25, -0.2) is 0 Å². The van der Waals surface area contributed by atoms with Crippen LogP contribution in [0, 0.1) is 13.8 Å². The lowest BCUT2D eigenvalue weighted by molar-refractivity contribution is 1.33. The predicted octanol–water partition coefficient (Wildman–Crippen LogP) is 2.91. The Balaban J connectivity index is 3.27. The molecule has 1 aromatic rings. The third-order valence-corrected chi connectivity index (χ3v) is 2.30. The highest BCUT2D eigenvalue weighted by atomic mass is 32.1. The third-order valence-electron chi connectivity index (χ3n) is 1.84. The monoisotopic (exact) mass is 182 g/mol. The standard InChI is InChI=1S/C9H10S2/c1-6-4-3-5-8(7(6)2)9(10)11/h3-5H,1-2H3,(H,10,11). The first-order chi connectivity index (χ1) is 5.13. The van der Waals surface area contributed by atoms with Gasteiger partial charge in [0.15, 0.2) is 0 Å². The Hall–Kier alpha value is -0.340. The van der Waals surface area contributed by atoms with E-state index >= 15 is 0 Å². The molecule has 0 aliphatic heterocycles. The molecule has 0 aliphatic carbocycles. The summed E-state index contributed by atoms with van der Waals surface area (Å²) in [6.45, 7) is 4.14. The van der Waals surface area contributed by atoms with Gasteiger partial charge in [0.05, 0.1) is 4.20 Å². The van der Waals surface area contributed by atoms with Gasteiger partial charge in [0.2, 0.25) is 0 Å². The van der Waals surface area contributed by atoms with Crippen LogP contribution in [0.1, 0.15) is 16.7 Å². The van der Waals surface area contributed by atoms with Crippen molar-refractivity contribution in [3.8, 4) is 0 Å². The van der Waals surface area contributed by atoms with E-state index in [1.54, 1.807) is 0 Å². The molecule has 0 unspecified atom stereocenters. The molecule has 0 spiro atoms. The van der Waals surface area contributed by atoms with Crippen LogP contribution >= 0.6 is 24.8 Å². The summed E-state index contributed by atoms with van der Waals surface area (Å²) in [5.41, 5.74) is 3.56. The van der Waals surface area contributed by atoms with Crippen molar-refractivity contribution in [1.82, 2.24) is 0 Å². The van der Waals surface area contributed by atoms with Gasteiger partial charge in [-0.1, -0.05) is 30.4 Å². The van der Waals surface area contributed by atoms with Crippen LogP contribution in [-0.4, -0.2) is 4.20 Å². The lowest BCUT2D eigenvalue weighted by Gasteiger charge is -2.04. The summed E-state index contributed by atoms with van der Waals surface area (Å²) in [6.07, 6.45) is 0. The Bertz CT molecular complexity index is 290. The molecule has 0 saturated carbocycles. The maximum atomic E-state index is 4.97. The average molecular weight is 182 g/mol. The lowest BCUT2D eigenvalue weighted by atomic mass is 10.1. The quantitative estimate of drug-likeness (QED) is 0.515. The second-order valence-corrected chi connectivity index (χ2v) is 3.71. The number of hydrogen-bond donors (Lipinski definition) is 1. The zero-order chi connectivity index (χ0) is 8.43. The SMILES string of the molecule is Cc1cccc(C(=S)S)c1C. The number of hydrogen-bond acceptors (Lipinski definition) is 1. The van der Waals surface area contributed by atoms with Gasteiger partial charge >= 0.3 is 0 Å². The molecule has 0 fully saturated rings. The van der Waals surface area contributed by atoms with Gasteiger partial charge in [-0.15, -0.1) is 12.6 Å². The largest absolute Gasteiger partial charge is 0.131 e. The second-order valence-electron chi connectivity index (χ2n) is 2.55. The average Bonchev–Trinajstić information content (AvgIpc) is 1.94. The van der Waals surface area contributed by atoms with Crippen LogP contribution in [0.15, 0.2) is 18.2 Å². The Kier molecular flexibility index (Phi) is 2.68. The van der Waals surface area contributed by atoms with Gasteiger partial charge in [0.25, 0.3) is 0 Å². The van der Waals surface area contributed by atoms with Crippen molar-refractivity contribution >= 4 is 29.0 Å². The topological polar surface area (TPSA) is 0 Å². The van der Waals surface area contributed by atoms with E-state index in [-0.39, 0.29) is 0 Å². The number of benzene rings is 1. The summed E-state index contributed by atoms with van der Waals surface area (Å²) in [4.78, 5) is 0. The van der Waals surface area contributed by atoms with Crippen molar-refractivity contribution in [2.75, 3.05) is 0 Å². The van der Waals surface area contributed by atoms with Crippen LogP contribution in [0.3, 0.4) is 0 Å². The molecule has 0 heterocycles. The van der Waals surface area contributed by atoms with Crippen molar-refractivity contribution in [1.29, 1.82) is 0 Å². The Morgan fingerprint density at radius 1 is 1.36 bits per heavy atom. The molecular formula is C9H10S2. The van der Waals surface area contributed by atoms with Crippen LogP contribution in [0.5, 0.6) is 0 Å². The Morgan fingerprint density at radius 2 is 2.00 bits per heavy atom. The molecular weight excluding hydrogens is 172 g/mol. The van der Waals surface area contributed by atoms with E-state index in [4.69, 9.17) is 12.2 Å². The zero-order valence-electron chi connectivity index (χ0n) is 6.59. The molecule has 11 heavy (non-hydrogen) atoms. The molecule has 0 saturated heterocycles. The summed E-state index contributed by atoms with van der Waals surface area (Å²) in [5.74, 6) is 0. The predicted molar refractivity (Wildman–Crippen MR) is 56.6 cm³/mol. The van der Waals surface area contributed by atoms with Crippen LogP contribution in [0.2, 0.25) is 0 Å². The smallest absolute Gasteiger partial charge is 0.0750 e. The first-order valence-corrected chi connectivity index (χ1v) is 4.28. The minimum Gasteiger partial charge on any atom is -0.131 e. The normalized spacial score (nSPS) is 9.73. The highest BCUT2D eigenvalue weighted by Crippen LogP contribution is 2.14. The first kappa shape index (κ1) is 8.75. The highest BCUT2D eigenvalue weighted by Gasteiger charge is 2.01. The van der Waals surface area contributed by atoms with Gasteiger partial charge in [-0.2, -0.15) is 0 Å². The molecule has 0 nitrogen and oxygen atoms in total. The van der Waals surface area contributed by atoms with Crippen molar-refractivity contribution in [2.24, 2.45) is 0 Å². The molecule has 58 valence electrons. The van der Waals surface area contributed by atoms with Gasteiger partial charge in [-0.05, 0) is 25.0 Å². The summed E-state index contributed by atoms with van der Waals surface area (Å²) in [6, 6.07) is 6.07. The maximum Gasteiger partial charge on any atom is 0.0750 e. The van der Waals surface area contributed by atoms with Crippen molar-refractivity contribution < 1.29 is 0 Å². The van der Waals surface area contributed by atoms with E-state index in [0.717, 1.165) is 5.56 Å². The van der Waals surface area contributed by atoms with Crippen molar-refractivity contribution in [3.05, 3.63) is 34.9 Å². The summed E-state index contributed by atoms with van der Waals surface area (Å²) < 4.78 is 0.672. The molecule has 0 N–H and O–H groups in total. The molecule has 1 aromatic carbocycles. The van der Waals surface area contributed by atoms with Crippen LogP contribution in [0.4, 0.5) is 0 Å². The van der Waals surface area contributed by atoms with Gasteiger partial charge < -0.3 is 0 Å². The van der Waals surface area contributed by atoms with E-state index in [2.05, 4.69) is 32.5 Å². The van der Waals surface area contributed by atoms with E-state index in [0.29, 0.717) is 4.20 Å². The molecule has 0 atom stereocenters. The lowest BCUT2D eigenvalue weighted by Crippen LogP contribution is -1.93. The van der Waals surface area contributed by atoms with Crippen molar-refractivity contribution in [2.45, 2.75) is 13.8 Å². The number of rotatable bonds is 1. The summed E-state index contributed by atoms with van der Waals surface area (Å²) >= 11 is 9.11. The van der Waals surface area contributed by atoms with Crippen LogP contribution in [0.25, 0.3) is 0 Å². The zero-order valence-corrected chi connectivity index (χ0v) is 8.30. The number of aryl methyl sites for hydroxylation is 1. The van der Waals surface area contributed by atoms with E-state index in [1.807, 2.05) is 12.1 Å². The Morgan fingerprint density at radius 3 is 2.45 bits per heavy atom. The molecule has 0 aromatic heterocycles. The minimum atomic E-state index is 0.672. The summed E-state index contributed by atoms with van der Waals surface area (Å²) in [7, 11) is 0. The fraction of sp³-hybridized carbons (Fsp3) is 0.222. The van der Waals surface area contributed by atoms with Crippen LogP contribution < -0.4 is 0 Å². The maximum absolute atomic E-state index is 4.97.